The van der Waals surface area contributed by atoms with Crippen LogP contribution in [0, 0.1) is 11.8 Å². The van der Waals surface area contributed by atoms with E-state index >= 15 is 0 Å². The van der Waals surface area contributed by atoms with Crippen molar-refractivity contribution in [3.8, 4) is 0 Å². The normalized spacial score (nSPS) is 22.2. The van der Waals surface area contributed by atoms with Crippen molar-refractivity contribution < 1.29 is 58.4 Å². The summed E-state index contributed by atoms with van der Waals surface area (Å²) in [5, 5.41) is 2.94. The topological polar surface area (TPSA) is 47.6 Å². The minimum atomic E-state index is -5.71. The predicted molar refractivity (Wildman–Crippen MR) is 93.8 cm³/mol. The minimum Gasteiger partial charge on any atom is -0.484 e. The molecular weight excluding hydrogens is 598 g/mol. The summed E-state index contributed by atoms with van der Waals surface area (Å²) in [6.45, 7) is 5.42. The number of carbonyl (C=O) groups is 1. The maximum atomic E-state index is 13.5. The molecule has 1 aliphatic rings. The van der Waals surface area contributed by atoms with Crippen LogP contribution in [-0.4, -0.2) is 42.6 Å². The zero-order chi connectivity index (χ0) is 21.0. The summed E-state index contributed by atoms with van der Waals surface area (Å²) < 4.78 is 90.5. The van der Waals surface area contributed by atoms with Gasteiger partial charge in [0.2, 0.25) is 0 Å². The van der Waals surface area contributed by atoms with Gasteiger partial charge in [0, 0.05) is 25.4 Å². The third-order valence-corrected chi connectivity index (χ3v) is 5.62. The second-order valence-electron chi connectivity index (χ2n) is 6.61. The number of ether oxygens (including phenoxy) is 1. The molecule has 0 aromatic heterocycles. The van der Waals surface area contributed by atoms with E-state index in [2.05, 4.69) is 8.38 Å². The van der Waals surface area contributed by atoms with Crippen molar-refractivity contribution in [2.24, 2.45) is 5.92 Å². The molecule has 3 atom stereocenters. The summed E-state index contributed by atoms with van der Waals surface area (Å²) in [7, 11) is 0. The minimum absolute atomic E-state index is 0. The van der Waals surface area contributed by atoms with Gasteiger partial charge in [-0.1, -0.05) is 26.3 Å². The maximum Gasteiger partial charge on any atom is 0.427 e. The Kier molecular flexibility index (Phi) is 11.1. The molecule has 169 valence electrons. The molecule has 0 spiro atoms. The third kappa shape index (κ3) is 5.88. The van der Waals surface area contributed by atoms with Gasteiger partial charge < -0.3 is 10.1 Å². The van der Waals surface area contributed by atoms with E-state index in [1.807, 2.05) is 0 Å². The Morgan fingerprint density at radius 1 is 1.18 bits per heavy atom. The summed E-state index contributed by atoms with van der Waals surface area (Å²) in [5.74, 6) is -2.80. The molecule has 1 N–H and O–H groups in total. The van der Waals surface area contributed by atoms with Crippen LogP contribution in [0.15, 0.2) is 0 Å². The number of hydrogen-bond acceptors (Lipinski definition) is 4. The van der Waals surface area contributed by atoms with Crippen LogP contribution >= 0.6 is 23.0 Å². The van der Waals surface area contributed by atoms with Gasteiger partial charge in [-0.15, -0.1) is 0 Å². The summed E-state index contributed by atoms with van der Waals surface area (Å²) in [4.78, 5) is 12.3. The number of hydrogen-bond donors (Lipinski definition) is 1. The van der Waals surface area contributed by atoms with Crippen molar-refractivity contribution in [2.45, 2.75) is 76.6 Å². The molecule has 1 saturated carbocycles. The Morgan fingerprint density at radius 3 is 2.11 bits per heavy atom. The molecule has 0 aromatic carbocycles. The van der Waals surface area contributed by atoms with Gasteiger partial charge in [-0.25, -0.2) is 0 Å². The van der Waals surface area contributed by atoms with Gasteiger partial charge in [0.05, 0.1) is 0 Å². The van der Waals surface area contributed by atoms with Crippen molar-refractivity contribution >= 4 is 29.0 Å². The molecule has 0 heterocycles. The summed E-state index contributed by atoms with van der Waals surface area (Å²) in [6, 6.07) is -0.416. The van der Waals surface area contributed by atoms with Crippen LogP contribution in [0.25, 0.3) is 0 Å². The van der Waals surface area contributed by atoms with Crippen molar-refractivity contribution in [2.75, 3.05) is 6.54 Å². The van der Waals surface area contributed by atoms with E-state index < -0.39 is 48.4 Å². The zero-order valence-corrected chi connectivity index (χ0v) is 19.3. The van der Waals surface area contributed by atoms with Crippen molar-refractivity contribution in [3.63, 3.8) is 0 Å². The van der Waals surface area contributed by atoms with Crippen LogP contribution in [-0.2, 0) is 32.1 Å². The first-order valence-electron chi connectivity index (χ1n) is 8.54. The van der Waals surface area contributed by atoms with Crippen LogP contribution in [0.1, 0.15) is 46.5 Å². The molecule has 1 fully saturated rings. The van der Waals surface area contributed by atoms with Gasteiger partial charge in [-0.05, 0) is 25.8 Å². The largest absolute Gasteiger partial charge is 0.484 e. The fraction of sp³-hybridized carbons (Fsp3) is 0.875. The van der Waals surface area contributed by atoms with Crippen LogP contribution in [0.3, 0.4) is 0 Å². The van der Waals surface area contributed by atoms with Crippen molar-refractivity contribution in [1.29, 1.82) is 0 Å². The summed E-state index contributed by atoms with van der Waals surface area (Å²) in [6.07, 6.45) is -13.0. The zero-order valence-electron chi connectivity index (χ0n) is 15.5. The first-order valence-corrected chi connectivity index (χ1v) is 9.42. The maximum absolute atomic E-state index is 13.5. The number of nitrogens with one attached hydrogen (secondary N) is 1. The molecule has 4 nitrogen and oxygen atoms in total. The Morgan fingerprint density at radius 2 is 1.68 bits per heavy atom. The summed E-state index contributed by atoms with van der Waals surface area (Å²) in [5.41, 5.74) is -4.40. The van der Waals surface area contributed by atoms with E-state index in [0.717, 1.165) is 0 Å². The number of halogens is 7. The number of carbonyl (C=O) groups excluding carboxylic acids is 1. The first-order chi connectivity index (χ1) is 12.3. The molecule has 1 rings (SSSR count). The van der Waals surface area contributed by atoms with Crippen LogP contribution in [0.4, 0.5) is 26.3 Å². The second kappa shape index (κ2) is 11.0. The van der Waals surface area contributed by atoms with E-state index in [0.29, 0.717) is 36.0 Å². The molecule has 1 aliphatic carbocycles. The van der Waals surface area contributed by atoms with Gasteiger partial charge >= 0.3 is 12.4 Å². The quantitative estimate of drug-likeness (QED) is 0.145. The van der Waals surface area contributed by atoms with E-state index in [1.54, 1.807) is 13.8 Å². The first kappa shape index (κ1) is 28.2. The Hall–Kier alpha value is 0.193. The second-order valence-corrected chi connectivity index (χ2v) is 7.05. The van der Waals surface area contributed by atoms with Gasteiger partial charge in [0.1, 0.15) is 29.1 Å². The standard InChI is InChI=1S/C16H23F6INO3.Rh/c1-4-24-10(3)9(2)13(25)26-12-8-6-5-7-11(12)14(27-23,15(17,18)19)16(20,21)22;/h10-12,24H,4-8H2,1-3H3;/q-1;. The Balaban J connectivity index is 0.00000729. The van der Waals surface area contributed by atoms with Crippen LogP contribution in [0.5, 0.6) is 0 Å². The van der Waals surface area contributed by atoms with Gasteiger partial charge in [0.15, 0.2) is 5.97 Å². The number of esters is 1. The van der Waals surface area contributed by atoms with Gasteiger partial charge in [0.25, 0.3) is 5.60 Å². The van der Waals surface area contributed by atoms with Crippen molar-refractivity contribution in [3.05, 3.63) is 5.92 Å². The van der Waals surface area contributed by atoms with Crippen molar-refractivity contribution in [1.82, 2.24) is 5.32 Å². The van der Waals surface area contributed by atoms with Crippen LogP contribution < -0.4 is 5.32 Å². The SMILES string of the molecule is CCNC(C)[C-](C)C(=O)OC1CCCCC1C(OI)(C(F)(F)F)C(F)(F)F.[Rh]. The monoisotopic (exact) mass is 621 g/mol. The molecule has 0 bridgehead atoms. The Labute approximate surface area is 187 Å². The molecule has 0 aliphatic heterocycles. The molecule has 3 unspecified atom stereocenters. The molecule has 1 radical (unpaired) electrons. The molecule has 28 heavy (non-hydrogen) atoms. The van der Waals surface area contributed by atoms with E-state index in [9.17, 15) is 31.1 Å². The summed E-state index contributed by atoms with van der Waals surface area (Å²) >= 11 is 0.638. The van der Waals surface area contributed by atoms with Crippen LogP contribution in [0.2, 0.25) is 0 Å². The van der Waals surface area contributed by atoms with Gasteiger partial charge in [-0.3, -0.25) is 13.8 Å². The fourth-order valence-corrected chi connectivity index (χ4v) is 4.12. The number of alkyl halides is 6. The molecule has 0 aromatic rings. The predicted octanol–water partition coefficient (Wildman–Crippen LogP) is 4.91. The molecular formula is C16H23F6INO3Rh-. The van der Waals surface area contributed by atoms with E-state index in [-0.39, 0.29) is 38.2 Å². The molecule has 12 heteroatoms. The fourth-order valence-electron chi connectivity index (χ4n) is 3.30. The van der Waals surface area contributed by atoms with E-state index in [4.69, 9.17) is 4.74 Å². The van der Waals surface area contributed by atoms with Gasteiger partial charge in [-0.2, -0.15) is 33.3 Å². The average molecular weight is 621 g/mol. The Bertz CT molecular complexity index is 492. The smallest absolute Gasteiger partial charge is 0.427 e. The molecule has 0 saturated heterocycles. The average Bonchev–Trinajstić information content (AvgIpc) is 2.54. The third-order valence-electron chi connectivity index (χ3n) is 4.93. The van der Waals surface area contributed by atoms with E-state index in [1.165, 1.54) is 6.92 Å². The molecule has 0 amide bonds. The number of rotatable bonds is 7.